The first-order valence-corrected chi connectivity index (χ1v) is 9.13. The maximum absolute atomic E-state index is 12.6. The number of nitriles is 1. The number of benzene rings is 2. The molecule has 11 heteroatoms. The molecule has 0 spiro atoms. The molecule has 158 valence electrons. The molecular weight excluding hydrogens is 416 g/mol. The highest BCUT2D eigenvalue weighted by atomic mass is 16.6. The van der Waals surface area contributed by atoms with E-state index in [-0.39, 0.29) is 39.7 Å². The second-order valence-corrected chi connectivity index (χ2v) is 6.67. The van der Waals surface area contributed by atoms with E-state index in [1.165, 1.54) is 29.0 Å². The van der Waals surface area contributed by atoms with Crippen LogP contribution in [0.2, 0.25) is 0 Å². The molecule has 0 saturated carbocycles. The SMILES string of the molecule is COC(=O)c1c(N)c(C#N)cn1-c1cc([N+](=O)[O-])ccc1-c1nc2ccccc2c(=O)[nH]1. The number of nitrogens with two attached hydrogens (primary N) is 1. The highest BCUT2D eigenvalue weighted by Gasteiger charge is 2.25. The Hall–Kier alpha value is -4.98. The third kappa shape index (κ3) is 3.21. The predicted octanol–water partition coefficient (Wildman–Crippen LogP) is 2.53. The van der Waals surface area contributed by atoms with Crippen LogP contribution in [0.1, 0.15) is 16.1 Å². The Labute approximate surface area is 179 Å². The van der Waals surface area contributed by atoms with E-state index in [2.05, 4.69) is 9.97 Å². The van der Waals surface area contributed by atoms with Crippen LogP contribution in [0.3, 0.4) is 0 Å². The van der Waals surface area contributed by atoms with Crippen molar-refractivity contribution in [2.75, 3.05) is 12.8 Å². The number of carbonyl (C=O) groups is 1. The van der Waals surface area contributed by atoms with Gasteiger partial charge in [0.25, 0.3) is 11.2 Å². The molecule has 2 heterocycles. The van der Waals surface area contributed by atoms with Crippen LogP contribution in [0.4, 0.5) is 11.4 Å². The molecular formula is C21H14N6O5. The normalized spacial score (nSPS) is 10.6. The number of aromatic amines is 1. The quantitative estimate of drug-likeness (QED) is 0.282. The average Bonchev–Trinajstić information content (AvgIpc) is 3.14. The van der Waals surface area contributed by atoms with Gasteiger partial charge in [-0.15, -0.1) is 0 Å². The zero-order valence-electron chi connectivity index (χ0n) is 16.5. The van der Waals surface area contributed by atoms with Crippen molar-refractivity contribution in [3.05, 3.63) is 80.4 Å². The first-order chi connectivity index (χ1) is 15.3. The fourth-order valence-electron chi connectivity index (χ4n) is 3.35. The summed E-state index contributed by atoms with van der Waals surface area (Å²) in [6, 6.07) is 12.4. The summed E-state index contributed by atoms with van der Waals surface area (Å²) in [5.74, 6) is -0.735. The molecule has 0 unspecified atom stereocenters. The van der Waals surface area contributed by atoms with Gasteiger partial charge in [0.05, 0.1) is 39.9 Å². The number of nitrogens with zero attached hydrogens (tertiary/aromatic N) is 4. The van der Waals surface area contributed by atoms with Crippen molar-refractivity contribution in [3.63, 3.8) is 0 Å². The zero-order valence-corrected chi connectivity index (χ0v) is 16.5. The summed E-state index contributed by atoms with van der Waals surface area (Å²) in [5, 5.41) is 21.2. The molecule has 0 aliphatic carbocycles. The second-order valence-electron chi connectivity index (χ2n) is 6.67. The Bertz CT molecular complexity index is 1510. The van der Waals surface area contributed by atoms with E-state index >= 15 is 0 Å². The number of methoxy groups -OCH3 is 1. The molecule has 0 bridgehead atoms. The Balaban J connectivity index is 2.08. The van der Waals surface area contributed by atoms with Gasteiger partial charge in [-0.2, -0.15) is 5.26 Å². The number of nitrogens with one attached hydrogen (secondary N) is 1. The molecule has 0 aliphatic rings. The number of ether oxygens (including phenoxy) is 1. The van der Waals surface area contributed by atoms with E-state index in [9.17, 15) is 25.0 Å². The lowest BCUT2D eigenvalue weighted by Gasteiger charge is -2.13. The van der Waals surface area contributed by atoms with Crippen molar-refractivity contribution in [1.29, 1.82) is 5.26 Å². The molecule has 0 saturated heterocycles. The molecule has 2 aromatic heterocycles. The van der Waals surface area contributed by atoms with Crippen LogP contribution >= 0.6 is 0 Å². The van der Waals surface area contributed by atoms with E-state index in [1.807, 2.05) is 6.07 Å². The van der Waals surface area contributed by atoms with Crippen LogP contribution in [-0.4, -0.2) is 32.5 Å². The summed E-state index contributed by atoms with van der Waals surface area (Å²) < 4.78 is 6.00. The number of nitro benzene ring substituents is 1. The third-order valence-electron chi connectivity index (χ3n) is 4.86. The molecule has 0 amide bonds. The van der Waals surface area contributed by atoms with Crippen LogP contribution < -0.4 is 11.3 Å². The number of H-pyrrole nitrogens is 1. The smallest absolute Gasteiger partial charge is 0.357 e. The van der Waals surface area contributed by atoms with Gasteiger partial charge in [0.2, 0.25) is 0 Å². The van der Waals surface area contributed by atoms with E-state index in [0.717, 1.165) is 7.11 Å². The van der Waals surface area contributed by atoms with Crippen molar-refractivity contribution in [2.24, 2.45) is 0 Å². The summed E-state index contributed by atoms with van der Waals surface area (Å²) in [6.45, 7) is 0. The summed E-state index contributed by atoms with van der Waals surface area (Å²) in [5.41, 5.74) is 5.70. The molecule has 3 N–H and O–H groups in total. The average molecular weight is 430 g/mol. The van der Waals surface area contributed by atoms with E-state index in [1.54, 1.807) is 24.3 Å². The van der Waals surface area contributed by atoms with Gasteiger partial charge >= 0.3 is 5.97 Å². The number of rotatable bonds is 4. The number of esters is 1. The van der Waals surface area contributed by atoms with Crippen LogP contribution in [0.15, 0.2) is 53.5 Å². The minimum Gasteiger partial charge on any atom is -0.464 e. The van der Waals surface area contributed by atoms with Gasteiger partial charge in [-0.1, -0.05) is 12.1 Å². The number of anilines is 1. The fraction of sp³-hybridized carbons (Fsp3) is 0.0476. The lowest BCUT2D eigenvalue weighted by molar-refractivity contribution is -0.384. The largest absolute Gasteiger partial charge is 0.464 e. The lowest BCUT2D eigenvalue weighted by atomic mass is 10.1. The first-order valence-electron chi connectivity index (χ1n) is 9.13. The Morgan fingerprint density at radius 2 is 2.06 bits per heavy atom. The number of nitrogen functional groups attached to an aromatic ring is 1. The van der Waals surface area contributed by atoms with Crippen molar-refractivity contribution in [1.82, 2.24) is 14.5 Å². The van der Waals surface area contributed by atoms with E-state index < -0.39 is 16.5 Å². The van der Waals surface area contributed by atoms with Gasteiger partial charge in [-0.3, -0.25) is 14.9 Å². The van der Waals surface area contributed by atoms with Gasteiger partial charge < -0.3 is 20.0 Å². The maximum atomic E-state index is 12.6. The molecule has 0 atom stereocenters. The van der Waals surface area contributed by atoms with Crippen molar-refractivity contribution < 1.29 is 14.5 Å². The number of aromatic nitrogens is 3. The molecule has 2 aromatic carbocycles. The standard InChI is InChI=1S/C21H14N6O5/c1-32-21(29)18-17(23)11(9-22)10-26(18)16-8-12(27(30)31)6-7-14(16)19-24-15-5-3-2-4-13(15)20(28)25-19/h2-8,10H,23H2,1H3,(H,24,25,28). The minimum atomic E-state index is -0.846. The number of para-hydroxylation sites is 1. The first kappa shape index (κ1) is 20.3. The number of fused-ring (bicyclic) bond motifs is 1. The van der Waals surface area contributed by atoms with Gasteiger partial charge in [0.1, 0.15) is 11.9 Å². The highest BCUT2D eigenvalue weighted by molar-refractivity contribution is 5.96. The zero-order chi connectivity index (χ0) is 23.0. The molecule has 0 fully saturated rings. The number of hydrogen-bond donors (Lipinski definition) is 2. The summed E-state index contributed by atoms with van der Waals surface area (Å²) >= 11 is 0. The van der Waals surface area contributed by atoms with E-state index in [0.29, 0.717) is 10.9 Å². The molecule has 4 aromatic rings. The third-order valence-corrected chi connectivity index (χ3v) is 4.86. The van der Waals surface area contributed by atoms with Crippen molar-refractivity contribution in [2.45, 2.75) is 0 Å². The molecule has 11 nitrogen and oxygen atoms in total. The van der Waals surface area contributed by atoms with Gasteiger partial charge in [-0.05, 0) is 18.2 Å². The fourth-order valence-corrected chi connectivity index (χ4v) is 3.35. The molecule has 4 rings (SSSR count). The van der Waals surface area contributed by atoms with Crippen LogP contribution in [0.5, 0.6) is 0 Å². The second kappa shape index (κ2) is 7.69. The maximum Gasteiger partial charge on any atom is 0.357 e. The number of nitro groups is 1. The van der Waals surface area contributed by atoms with Crippen molar-refractivity contribution >= 4 is 28.2 Å². The van der Waals surface area contributed by atoms with Crippen LogP contribution in [0.25, 0.3) is 28.0 Å². The van der Waals surface area contributed by atoms with Crippen LogP contribution in [-0.2, 0) is 4.74 Å². The lowest BCUT2D eigenvalue weighted by Crippen LogP contribution is -2.14. The van der Waals surface area contributed by atoms with Gasteiger partial charge in [0.15, 0.2) is 5.69 Å². The predicted molar refractivity (Wildman–Crippen MR) is 114 cm³/mol. The molecule has 0 aliphatic heterocycles. The number of carbonyl (C=O) groups excluding carboxylic acids is 1. The van der Waals surface area contributed by atoms with Gasteiger partial charge in [0, 0.05) is 23.9 Å². The Morgan fingerprint density at radius 1 is 1.31 bits per heavy atom. The Morgan fingerprint density at radius 3 is 2.75 bits per heavy atom. The summed E-state index contributed by atoms with van der Waals surface area (Å²) in [6.07, 6.45) is 1.27. The monoisotopic (exact) mass is 430 g/mol. The summed E-state index contributed by atoms with van der Waals surface area (Å²) in [7, 11) is 1.14. The number of hydrogen-bond acceptors (Lipinski definition) is 8. The Kier molecular flexibility index (Phi) is 4.88. The van der Waals surface area contributed by atoms with Crippen LogP contribution in [0, 0.1) is 21.4 Å². The minimum absolute atomic E-state index is 0.0252. The molecule has 0 radical (unpaired) electrons. The summed E-state index contributed by atoms with van der Waals surface area (Å²) in [4.78, 5) is 42.9. The highest BCUT2D eigenvalue weighted by Crippen LogP contribution is 2.33. The molecule has 32 heavy (non-hydrogen) atoms. The number of non-ortho nitro benzene ring substituents is 1. The van der Waals surface area contributed by atoms with Gasteiger partial charge in [-0.25, -0.2) is 9.78 Å². The van der Waals surface area contributed by atoms with E-state index in [4.69, 9.17) is 10.5 Å². The van der Waals surface area contributed by atoms with Crippen molar-refractivity contribution in [3.8, 4) is 23.1 Å². The topological polar surface area (TPSA) is 170 Å².